The molecule has 5 rings (SSSR count). The van der Waals surface area contributed by atoms with Crippen LogP contribution in [-0.4, -0.2) is 82.0 Å². The monoisotopic (exact) mass is 727 g/mol. The number of aliphatic hydroxyl groups is 1. The molecule has 1 unspecified atom stereocenters. The highest BCUT2D eigenvalue weighted by Crippen LogP contribution is 2.61. The number of halogens is 2. The van der Waals surface area contributed by atoms with Crippen molar-refractivity contribution in [2.45, 2.75) is 60.9 Å². The van der Waals surface area contributed by atoms with Crippen molar-refractivity contribution in [3.8, 4) is 0 Å². The summed E-state index contributed by atoms with van der Waals surface area (Å²) in [6, 6.07) is 13.9. The molecular weight excluding hydrogens is 690 g/mol. The van der Waals surface area contributed by atoms with Crippen LogP contribution in [0.15, 0.2) is 79.9 Å². The molecule has 3 fully saturated rings. The number of benzene rings is 2. The van der Waals surface area contributed by atoms with E-state index in [1.165, 1.54) is 9.80 Å². The number of carbonyl (C=O) groups is 4. The van der Waals surface area contributed by atoms with E-state index in [0.29, 0.717) is 22.7 Å². The summed E-state index contributed by atoms with van der Waals surface area (Å²) in [5.74, 6) is -3.85. The average molecular weight is 729 g/mol. The lowest BCUT2D eigenvalue weighted by molar-refractivity contribution is -0.160. The third kappa shape index (κ3) is 6.63. The van der Waals surface area contributed by atoms with E-state index in [0.717, 1.165) is 0 Å². The van der Waals surface area contributed by atoms with Gasteiger partial charge in [-0.25, -0.2) is 0 Å². The summed E-state index contributed by atoms with van der Waals surface area (Å²) >= 11 is 9.80. The number of likely N-dealkylation sites (tertiary alicyclic amines) is 1. The molecule has 2 N–H and O–H groups in total. The molecule has 3 aliphatic heterocycles. The molecule has 2 aromatic carbocycles. The molecule has 250 valence electrons. The summed E-state index contributed by atoms with van der Waals surface area (Å²) in [5.41, 5.74) is -0.154. The Morgan fingerprint density at radius 1 is 1.19 bits per heavy atom. The molecule has 12 heteroatoms. The average Bonchev–Trinajstić information content (AvgIpc) is 3.67. The Bertz CT molecular complexity index is 1510. The smallest absolute Gasteiger partial charge is 0.313 e. The molecule has 1 spiro atoms. The van der Waals surface area contributed by atoms with Gasteiger partial charge >= 0.3 is 5.97 Å². The number of nitrogens with one attached hydrogen (secondary N) is 1. The SMILES string of the molecule is C=CCCC(=O)NC[C@H](OC(=O)[C@@H]1[C@H]2O[C@@]3(CC2Br)[C@H](C(=O)N(CC=C)c2ccc(Cl)cc2)N([C@H](C)CO)C(=O)[C@@H]13)c1ccccc1. The van der Waals surface area contributed by atoms with Crippen molar-refractivity contribution in [2.24, 2.45) is 11.8 Å². The first-order chi connectivity index (χ1) is 22.6. The molecule has 3 aliphatic rings. The highest BCUT2D eigenvalue weighted by molar-refractivity contribution is 9.09. The summed E-state index contributed by atoms with van der Waals surface area (Å²) in [7, 11) is 0. The van der Waals surface area contributed by atoms with Crippen molar-refractivity contribution >= 4 is 56.9 Å². The van der Waals surface area contributed by atoms with Gasteiger partial charge in [0.05, 0.1) is 37.1 Å². The van der Waals surface area contributed by atoms with Gasteiger partial charge in [0.2, 0.25) is 11.8 Å². The lowest BCUT2D eigenvalue weighted by Crippen LogP contribution is -2.58. The van der Waals surface area contributed by atoms with E-state index in [4.69, 9.17) is 21.1 Å². The maximum atomic E-state index is 14.6. The topological polar surface area (TPSA) is 125 Å². The molecular formula is C35H39BrClN3O7. The third-order valence-electron chi connectivity index (χ3n) is 9.18. The van der Waals surface area contributed by atoms with Crippen molar-refractivity contribution in [1.82, 2.24) is 10.2 Å². The second kappa shape index (κ2) is 14.7. The minimum absolute atomic E-state index is 0.0257. The maximum absolute atomic E-state index is 14.6. The van der Waals surface area contributed by atoms with E-state index in [1.54, 1.807) is 67.6 Å². The molecule has 3 amide bonds. The number of rotatable bonds is 14. The van der Waals surface area contributed by atoms with Crippen LogP contribution in [0.5, 0.6) is 0 Å². The van der Waals surface area contributed by atoms with E-state index in [-0.39, 0.29) is 36.7 Å². The van der Waals surface area contributed by atoms with Crippen LogP contribution >= 0.6 is 27.5 Å². The van der Waals surface area contributed by atoms with E-state index >= 15 is 0 Å². The lowest BCUT2D eigenvalue weighted by atomic mass is 9.70. The van der Waals surface area contributed by atoms with Crippen molar-refractivity contribution in [2.75, 3.05) is 24.6 Å². The summed E-state index contributed by atoms with van der Waals surface area (Å²) in [6.07, 6.45) is 2.68. The quantitative estimate of drug-likeness (QED) is 0.168. The number of fused-ring (bicyclic) bond motifs is 1. The van der Waals surface area contributed by atoms with Crippen molar-refractivity contribution in [3.05, 3.63) is 90.5 Å². The minimum Gasteiger partial charge on any atom is -0.455 e. The molecule has 0 saturated carbocycles. The molecule has 8 atom stereocenters. The number of carbonyl (C=O) groups excluding carboxylic acids is 4. The molecule has 3 saturated heterocycles. The van der Waals surface area contributed by atoms with Crippen molar-refractivity contribution < 1.29 is 33.8 Å². The van der Waals surface area contributed by atoms with Crippen LogP contribution in [0.25, 0.3) is 0 Å². The molecule has 2 bridgehead atoms. The second-order valence-electron chi connectivity index (χ2n) is 12.1. The zero-order valence-electron chi connectivity index (χ0n) is 26.1. The standard InChI is InChI=1S/C35H39BrClN3O7/c1-4-6-12-27(42)38-19-26(22-10-8-7-9-11-22)46-34(45)28-29-32(43)40(21(3)20-41)31(35(29)18-25(36)30(28)47-35)33(44)39(17-5-2)24-15-13-23(37)14-16-24/h4-5,7-11,13-16,21,25-26,28-31,41H,1-2,6,12,17-20H2,3H3,(H,38,42)/t21-,25?,26+,28+,29-,30+,31+,35-/m1/s1. The lowest BCUT2D eigenvalue weighted by Gasteiger charge is -2.38. The van der Waals surface area contributed by atoms with Crippen LogP contribution < -0.4 is 10.2 Å². The Hall–Kier alpha value is -3.51. The van der Waals surface area contributed by atoms with Crippen LogP contribution in [0.4, 0.5) is 5.69 Å². The van der Waals surface area contributed by atoms with Gasteiger partial charge in [-0.3, -0.25) is 19.2 Å². The number of allylic oxidation sites excluding steroid dienone is 1. The fourth-order valence-corrected chi connectivity index (χ4v) is 8.11. The Balaban J connectivity index is 1.49. The van der Waals surface area contributed by atoms with Gasteiger partial charge in [-0.05, 0) is 49.6 Å². The van der Waals surface area contributed by atoms with Gasteiger partial charge in [-0.2, -0.15) is 0 Å². The van der Waals surface area contributed by atoms with Gasteiger partial charge in [-0.1, -0.05) is 70.0 Å². The number of aliphatic hydroxyl groups excluding tert-OH is 1. The molecule has 0 radical (unpaired) electrons. The van der Waals surface area contributed by atoms with Crippen LogP contribution in [0, 0.1) is 11.8 Å². The Morgan fingerprint density at radius 3 is 2.53 bits per heavy atom. The zero-order valence-corrected chi connectivity index (χ0v) is 28.4. The zero-order chi connectivity index (χ0) is 33.9. The van der Waals surface area contributed by atoms with E-state index in [2.05, 4.69) is 34.4 Å². The number of ether oxygens (including phenoxy) is 2. The van der Waals surface area contributed by atoms with Gasteiger partial charge in [0.15, 0.2) is 0 Å². The third-order valence-corrected chi connectivity index (χ3v) is 10.3. The van der Waals surface area contributed by atoms with Gasteiger partial charge in [0, 0.05) is 28.5 Å². The predicted octanol–water partition coefficient (Wildman–Crippen LogP) is 4.35. The minimum atomic E-state index is -1.37. The number of hydrogen-bond donors (Lipinski definition) is 2. The molecule has 0 aromatic heterocycles. The fraction of sp³-hybridized carbons (Fsp3) is 0.429. The van der Waals surface area contributed by atoms with Gasteiger partial charge in [0.25, 0.3) is 5.91 Å². The highest BCUT2D eigenvalue weighted by Gasteiger charge is 2.77. The highest BCUT2D eigenvalue weighted by atomic mass is 79.9. The van der Waals surface area contributed by atoms with E-state index in [1.807, 2.05) is 6.07 Å². The largest absolute Gasteiger partial charge is 0.455 e. The molecule has 2 aromatic rings. The molecule has 0 aliphatic carbocycles. The Kier molecular flexibility index (Phi) is 10.9. The van der Waals surface area contributed by atoms with Crippen molar-refractivity contribution in [1.29, 1.82) is 0 Å². The number of anilines is 1. The predicted molar refractivity (Wildman–Crippen MR) is 181 cm³/mol. The van der Waals surface area contributed by atoms with Crippen molar-refractivity contribution in [3.63, 3.8) is 0 Å². The summed E-state index contributed by atoms with van der Waals surface area (Å²) in [4.78, 5) is 58.1. The first-order valence-corrected chi connectivity index (χ1v) is 16.9. The van der Waals surface area contributed by atoms with Gasteiger partial charge in [-0.15, -0.1) is 13.2 Å². The number of esters is 1. The number of alkyl halides is 1. The van der Waals surface area contributed by atoms with Crippen LogP contribution in [0.2, 0.25) is 5.02 Å². The first kappa shape index (κ1) is 34.8. The van der Waals surface area contributed by atoms with Gasteiger partial charge in [0.1, 0.15) is 17.7 Å². The molecule has 3 heterocycles. The number of nitrogens with zero attached hydrogens (tertiary/aromatic N) is 2. The molecule has 47 heavy (non-hydrogen) atoms. The van der Waals surface area contributed by atoms with Crippen LogP contribution in [0.3, 0.4) is 0 Å². The number of amides is 3. The normalized spacial score (nSPS) is 27.1. The summed E-state index contributed by atoms with van der Waals surface area (Å²) in [6.45, 7) is 8.88. The summed E-state index contributed by atoms with van der Waals surface area (Å²) < 4.78 is 12.7. The molecule has 10 nitrogen and oxygen atoms in total. The first-order valence-electron chi connectivity index (χ1n) is 15.6. The Morgan fingerprint density at radius 2 is 1.89 bits per heavy atom. The van der Waals surface area contributed by atoms with Crippen LogP contribution in [0.1, 0.15) is 37.9 Å². The number of hydrogen-bond acceptors (Lipinski definition) is 7. The van der Waals surface area contributed by atoms with Crippen LogP contribution in [-0.2, 0) is 28.7 Å². The fourth-order valence-electron chi connectivity index (χ4n) is 7.04. The van der Waals surface area contributed by atoms with E-state index < -0.39 is 66.1 Å². The summed E-state index contributed by atoms with van der Waals surface area (Å²) in [5, 5.41) is 13.6. The Labute approximate surface area is 287 Å². The van der Waals surface area contributed by atoms with Gasteiger partial charge < -0.3 is 29.7 Å². The second-order valence-corrected chi connectivity index (χ2v) is 13.7. The van der Waals surface area contributed by atoms with E-state index in [9.17, 15) is 24.3 Å². The maximum Gasteiger partial charge on any atom is 0.313 e.